The average Bonchev–Trinajstić information content (AvgIpc) is 2.35. The predicted octanol–water partition coefficient (Wildman–Crippen LogP) is 6.42. The van der Waals surface area contributed by atoms with Crippen molar-refractivity contribution in [2.75, 3.05) is 5.32 Å². The molecule has 5 heteroatoms. The predicted molar refractivity (Wildman–Crippen MR) is 92.7 cm³/mol. The molecule has 0 saturated carbocycles. The van der Waals surface area contributed by atoms with Crippen LogP contribution >= 0.6 is 57.4 Å². The molecule has 1 unspecified atom stereocenters. The third kappa shape index (κ3) is 3.91. The maximum atomic E-state index is 6.21. The summed E-state index contributed by atoms with van der Waals surface area (Å²) >= 11 is 20.6. The smallest absolute Gasteiger partial charge is 0.0648 e. The maximum absolute atomic E-state index is 6.21. The number of nitrogens with one attached hydrogen (secondary N) is 1. The van der Waals surface area contributed by atoms with E-state index in [0.29, 0.717) is 15.1 Å². The Morgan fingerprint density at radius 2 is 1.74 bits per heavy atom. The van der Waals surface area contributed by atoms with Gasteiger partial charge in [-0.15, -0.1) is 0 Å². The molecule has 0 aliphatic rings. The summed E-state index contributed by atoms with van der Waals surface area (Å²) in [6.07, 6.45) is 0. The van der Waals surface area contributed by atoms with Gasteiger partial charge in [0.05, 0.1) is 16.8 Å². The summed E-state index contributed by atoms with van der Waals surface area (Å²) in [5.41, 5.74) is 1.83. The first kappa shape index (κ1) is 15.2. The normalized spacial score (nSPS) is 12.3. The first-order valence-electron chi connectivity index (χ1n) is 5.64. The van der Waals surface area contributed by atoms with Crippen LogP contribution in [0.25, 0.3) is 0 Å². The fourth-order valence-corrected chi connectivity index (χ4v) is 3.14. The molecule has 1 atom stereocenters. The van der Waals surface area contributed by atoms with Gasteiger partial charge in [-0.25, -0.2) is 0 Å². The van der Waals surface area contributed by atoms with Gasteiger partial charge < -0.3 is 5.32 Å². The minimum absolute atomic E-state index is 0.0174. The zero-order valence-corrected chi connectivity index (χ0v) is 14.5. The van der Waals surface area contributed by atoms with E-state index in [-0.39, 0.29) is 6.04 Å². The molecule has 2 rings (SSSR count). The van der Waals surface area contributed by atoms with Crippen molar-refractivity contribution in [1.29, 1.82) is 0 Å². The van der Waals surface area contributed by atoms with E-state index in [1.807, 2.05) is 31.2 Å². The molecule has 100 valence electrons. The minimum atomic E-state index is 0.0174. The molecule has 0 aliphatic carbocycles. The molecule has 2 aromatic carbocycles. The van der Waals surface area contributed by atoms with Gasteiger partial charge in [-0.05, 0) is 71.5 Å². The molecule has 0 saturated heterocycles. The monoisotopic (exact) mass is 425 g/mol. The lowest BCUT2D eigenvalue weighted by Gasteiger charge is -2.18. The summed E-state index contributed by atoms with van der Waals surface area (Å²) in [6, 6.07) is 11.3. The van der Waals surface area contributed by atoms with Crippen LogP contribution in [0.4, 0.5) is 5.69 Å². The van der Waals surface area contributed by atoms with E-state index in [4.69, 9.17) is 34.8 Å². The lowest BCUT2D eigenvalue weighted by atomic mass is 10.1. The van der Waals surface area contributed by atoms with Crippen molar-refractivity contribution in [2.24, 2.45) is 0 Å². The number of hydrogen-bond acceptors (Lipinski definition) is 1. The summed E-state index contributed by atoms with van der Waals surface area (Å²) in [5, 5.41) is 5.39. The summed E-state index contributed by atoms with van der Waals surface area (Å²) < 4.78 is 1.10. The van der Waals surface area contributed by atoms with E-state index in [0.717, 1.165) is 14.8 Å². The van der Waals surface area contributed by atoms with Crippen LogP contribution < -0.4 is 5.32 Å². The van der Waals surface area contributed by atoms with Gasteiger partial charge in [-0.2, -0.15) is 0 Å². The molecule has 19 heavy (non-hydrogen) atoms. The summed E-state index contributed by atoms with van der Waals surface area (Å²) in [6.45, 7) is 2.02. The maximum Gasteiger partial charge on any atom is 0.0648 e. The second-order valence-corrected chi connectivity index (χ2v) is 6.65. The van der Waals surface area contributed by atoms with Gasteiger partial charge in [-0.1, -0.05) is 34.8 Å². The third-order valence-electron chi connectivity index (χ3n) is 2.73. The van der Waals surface area contributed by atoms with E-state index in [1.165, 1.54) is 0 Å². The van der Waals surface area contributed by atoms with Gasteiger partial charge in [0, 0.05) is 13.6 Å². The van der Waals surface area contributed by atoms with Crippen molar-refractivity contribution in [3.63, 3.8) is 0 Å². The number of benzene rings is 2. The lowest BCUT2D eigenvalue weighted by Crippen LogP contribution is -2.07. The molecule has 2 aromatic rings. The highest BCUT2D eigenvalue weighted by molar-refractivity contribution is 14.1. The molecule has 0 bridgehead atoms. The van der Waals surface area contributed by atoms with Crippen LogP contribution in [0, 0.1) is 3.57 Å². The van der Waals surface area contributed by atoms with Crippen LogP contribution in [-0.2, 0) is 0 Å². The van der Waals surface area contributed by atoms with Crippen molar-refractivity contribution in [3.8, 4) is 0 Å². The second kappa shape index (κ2) is 6.53. The van der Waals surface area contributed by atoms with E-state index >= 15 is 0 Å². The summed E-state index contributed by atoms with van der Waals surface area (Å²) in [7, 11) is 0. The molecule has 0 heterocycles. The summed E-state index contributed by atoms with van der Waals surface area (Å²) in [4.78, 5) is 0. The van der Waals surface area contributed by atoms with E-state index < -0.39 is 0 Å². The Morgan fingerprint density at radius 3 is 2.42 bits per heavy atom. The Balaban J connectivity index is 2.25. The third-order valence-corrected chi connectivity index (χ3v) is 4.29. The number of rotatable bonds is 3. The molecule has 0 aliphatic heterocycles. The molecule has 0 radical (unpaired) electrons. The Hall–Kier alpha value is -0.160. The molecule has 1 nitrogen and oxygen atoms in total. The molecular formula is C14H11Cl3IN. The quantitative estimate of drug-likeness (QED) is 0.558. The SMILES string of the molecule is CC(Nc1ccc(I)cc1Cl)c1cc(Cl)ccc1Cl. The van der Waals surface area contributed by atoms with Crippen LogP contribution in [0.2, 0.25) is 15.1 Å². The van der Waals surface area contributed by atoms with Crippen LogP contribution in [0.15, 0.2) is 36.4 Å². The average molecular weight is 427 g/mol. The van der Waals surface area contributed by atoms with Crippen molar-refractivity contribution in [3.05, 3.63) is 60.6 Å². The van der Waals surface area contributed by atoms with Gasteiger partial charge in [0.15, 0.2) is 0 Å². The fourth-order valence-electron chi connectivity index (χ4n) is 1.76. The summed E-state index contributed by atoms with van der Waals surface area (Å²) in [5.74, 6) is 0. The Morgan fingerprint density at radius 1 is 1.00 bits per heavy atom. The second-order valence-electron chi connectivity index (χ2n) is 4.16. The molecular weight excluding hydrogens is 415 g/mol. The van der Waals surface area contributed by atoms with Crippen molar-refractivity contribution >= 4 is 63.1 Å². The molecule has 0 fully saturated rings. The van der Waals surface area contributed by atoms with E-state index in [9.17, 15) is 0 Å². The zero-order valence-electron chi connectivity index (χ0n) is 10.1. The number of halogens is 4. The van der Waals surface area contributed by atoms with Gasteiger partial charge in [0.25, 0.3) is 0 Å². The Bertz CT molecular complexity index is 601. The highest BCUT2D eigenvalue weighted by Crippen LogP contribution is 2.31. The van der Waals surface area contributed by atoms with Crippen LogP contribution in [0.3, 0.4) is 0 Å². The van der Waals surface area contributed by atoms with Crippen molar-refractivity contribution < 1.29 is 0 Å². The highest BCUT2D eigenvalue weighted by atomic mass is 127. The van der Waals surface area contributed by atoms with E-state index in [2.05, 4.69) is 27.9 Å². The van der Waals surface area contributed by atoms with Crippen molar-refractivity contribution in [1.82, 2.24) is 0 Å². The highest BCUT2D eigenvalue weighted by Gasteiger charge is 2.12. The fraction of sp³-hybridized carbons (Fsp3) is 0.143. The zero-order chi connectivity index (χ0) is 14.0. The Kier molecular flexibility index (Phi) is 5.23. The van der Waals surface area contributed by atoms with Gasteiger partial charge in [0.1, 0.15) is 0 Å². The van der Waals surface area contributed by atoms with Crippen LogP contribution in [0.5, 0.6) is 0 Å². The van der Waals surface area contributed by atoms with E-state index in [1.54, 1.807) is 12.1 Å². The van der Waals surface area contributed by atoms with Gasteiger partial charge in [-0.3, -0.25) is 0 Å². The number of anilines is 1. The molecule has 1 N–H and O–H groups in total. The Labute approximate surface area is 141 Å². The first-order valence-corrected chi connectivity index (χ1v) is 7.85. The first-order chi connectivity index (χ1) is 8.97. The molecule has 0 aromatic heterocycles. The van der Waals surface area contributed by atoms with Crippen LogP contribution in [-0.4, -0.2) is 0 Å². The minimum Gasteiger partial charge on any atom is -0.377 e. The molecule has 0 spiro atoms. The lowest BCUT2D eigenvalue weighted by molar-refractivity contribution is 0.885. The number of hydrogen-bond donors (Lipinski definition) is 1. The topological polar surface area (TPSA) is 12.0 Å². The van der Waals surface area contributed by atoms with Crippen LogP contribution in [0.1, 0.15) is 18.5 Å². The largest absolute Gasteiger partial charge is 0.377 e. The standard InChI is InChI=1S/C14H11Cl3IN/c1-8(11-6-9(15)2-4-12(11)16)19-14-5-3-10(18)7-13(14)17/h2-8,19H,1H3. The van der Waals surface area contributed by atoms with Gasteiger partial charge >= 0.3 is 0 Å². The van der Waals surface area contributed by atoms with Crippen molar-refractivity contribution in [2.45, 2.75) is 13.0 Å². The van der Waals surface area contributed by atoms with Gasteiger partial charge in [0.2, 0.25) is 0 Å². The molecule has 0 amide bonds.